The quantitative estimate of drug-likeness (QED) is 0.784. The van der Waals surface area contributed by atoms with E-state index in [2.05, 4.69) is 10.2 Å². The molecular weight excluding hydrogens is 237 g/mol. The topological polar surface area (TPSA) is 57.8 Å². The van der Waals surface area contributed by atoms with Crippen molar-refractivity contribution < 1.29 is 26.7 Å². The van der Waals surface area contributed by atoms with Crippen LogP contribution >= 0.6 is 0 Å². The number of hydrogen-bond donors (Lipinski definition) is 2. The third kappa shape index (κ3) is 2.47. The zero-order chi connectivity index (χ0) is 12.4. The molecule has 1 aromatic heterocycles. The summed E-state index contributed by atoms with van der Waals surface area (Å²) in [5.74, 6) is -7.78. The van der Waals surface area contributed by atoms with Gasteiger partial charge in [-0.1, -0.05) is 0 Å². The lowest BCUT2D eigenvalue weighted by atomic mass is 10.3. The molecule has 0 aliphatic heterocycles. The van der Waals surface area contributed by atoms with Crippen molar-refractivity contribution in [3.63, 3.8) is 0 Å². The first-order chi connectivity index (χ1) is 7.25. The van der Waals surface area contributed by atoms with Gasteiger partial charge >= 0.3 is 18.0 Å². The van der Waals surface area contributed by atoms with Gasteiger partial charge in [0.05, 0.1) is 6.20 Å². The molecule has 1 rings (SSSR count). The van der Waals surface area contributed by atoms with Crippen molar-refractivity contribution in [2.24, 2.45) is 0 Å². The minimum Gasteiger partial charge on any atom is -0.346 e. The number of aromatic amines is 1. The number of halogens is 5. The van der Waals surface area contributed by atoms with E-state index in [1.807, 2.05) is 0 Å². The van der Waals surface area contributed by atoms with Crippen LogP contribution in [0.25, 0.3) is 0 Å². The summed E-state index contributed by atoms with van der Waals surface area (Å²) in [6, 6.07) is 0. The molecular formula is C7H6F5N3O. The van der Waals surface area contributed by atoms with Gasteiger partial charge in [0.15, 0.2) is 0 Å². The second-order valence-electron chi connectivity index (χ2n) is 2.86. The SMILES string of the molecule is O=C(NCc1cn[nH]c1)C(F)(F)C(F)(F)F. The highest BCUT2D eigenvalue weighted by atomic mass is 19.4. The molecule has 4 nitrogen and oxygen atoms in total. The van der Waals surface area contributed by atoms with Crippen molar-refractivity contribution in [1.82, 2.24) is 15.5 Å². The Morgan fingerprint density at radius 2 is 2.00 bits per heavy atom. The van der Waals surface area contributed by atoms with Crippen LogP contribution in [0.3, 0.4) is 0 Å². The second-order valence-corrected chi connectivity index (χ2v) is 2.86. The summed E-state index contributed by atoms with van der Waals surface area (Å²) in [7, 11) is 0. The Balaban J connectivity index is 2.59. The summed E-state index contributed by atoms with van der Waals surface area (Å²) in [6.45, 7) is -0.457. The Labute approximate surface area is 85.8 Å². The summed E-state index contributed by atoms with van der Waals surface area (Å²) in [4.78, 5) is 10.6. The summed E-state index contributed by atoms with van der Waals surface area (Å²) < 4.78 is 59.9. The molecule has 0 saturated carbocycles. The lowest BCUT2D eigenvalue weighted by molar-refractivity contribution is -0.269. The van der Waals surface area contributed by atoms with Crippen molar-refractivity contribution in [1.29, 1.82) is 0 Å². The second kappa shape index (κ2) is 4.06. The number of nitrogens with zero attached hydrogens (tertiary/aromatic N) is 1. The monoisotopic (exact) mass is 243 g/mol. The summed E-state index contributed by atoms with van der Waals surface area (Å²) >= 11 is 0. The molecule has 0 radical (unpaired) electrons. The van der Waals surface area contributed by atoms with Crippen LogP contribution in [0.1, 0.15) is 5.56 Å². The number of hydrogen-bond acceptors (Lipinski definition) is 2. The van der Waals surface area contributed by atoms with Crippen molar-refractivity contribution in [3.8, 4) is 0 Å². The molecule has 16 heavy (non-hydrogen) atoms. The summed E-state index contributed by atoms with van der Waals surface area (Å²) in [6.07, 6.45) is -3.45. The minimum atomic E-state index is -5.90. The molecule has 0 aliphatic carbocycles. The predicted octanol–water partition coefficient (Wildman–Crippen LogP) is 1.22. The van der Waals surface area contributed by atoms with Crippen molar-refractivity contribution in [2.45, 2.75) is 18.6 Å². The van der Waals surface area contributed by atoms with Gasteiger partial charge in [-0.3, -0.25) is 9.89 Å². The maximum atomic E-state index is 12.4. The predicted molar refractivity (Wildman–Crippen MR) is 41.4 cm³/mol. The Hall–Kier alpha value is -1.67. The molecule has 0 bridgehead atoms. The zero-order valence-electron chi connectivity index (χ0n) is 7.61. The van der Waals surface area contributed by atoms with Gasteiger partial charge in [-0.25, -0.2) is 0 Å². The maximum absolute atomic E-state index is 12.4. The van der Waals surface area contributed by atoms with Crippen LogP contribution in [0, 0.1) is 0 Å². The van der Waals surface area contributed by atoms with Gasteiger partial charge in [0.2, 0.25) is 0 Å². The average Bonchev–Trinajstić information content (AvgIpc) is 2.64. The first-order valence-corrected chi connectivity index (χ1v) is 3.95. The molecule has 1 heterocycles. The van der Waals surface area contributed by atoms with Crippen LogP contribution in [0.2, 0.25) is 0 Å². The molecule has 0 saturated heterocycles. The van der Waals surface area contributed by atoms with E-state index in [0.717, 1.165) is 0 Å². The van der Waals surface area contributed by atoms with E-state index >= 15 is 0 Å². The van der Waals surface area contributed by atoms with Crippen molar-refractivity contribution >= 4 is 5.91 Å². The van der Waals surface area contributed by atoms with Crippen LogP contribution in [-0.4, -0.2) is 28.2 Å². The van der Waals surface area contributed by atoms with Gasteiger partial charge in [0.1, 0.15) is 0 Å². The third-order valence-electron chi connectivity index (χ3n) is 1.65. The third-order valence-corrected chi connectivity index (χ3v) is 1.65. The van der Waals surface area contributed by atoms with E-state index in [0.29, 0.717) is 0 Å². The van der Waals surface area contributed by atoms with Gasteiger partial charge in [-0.15, -0.1) is 0 Å². The van der Waals surface area contributed by atoms with Crippen molar-refractivity contribution in [3.05, 3.63) is 18.0 Å². The molecule has 0 fully saturated rings. The van der Waals surface area contributed by atoms with E-state index < -0.39 is 24.6 Å². The fraction of sp³-hybridized carbons (Fsp3) is 0.429. The number of alkyl halides is 5. The zero-order valence-corrected chi connectivity index (χ0v) is 7.61. The number of carbonyl (C=O) groups is 1. The largest absolute Gasteiger partial charge is 0.463 e. The molecule has 1 amide bonds. The first kappa shape index (κ1) is 12.4. The molecule has 0 unspecified atom stereocenters. The molecule has 90 valence electrons. The Bertz CT molecular complexity index is 359. The number of rotatable bonds is 3. The summed E-state index contributed by atoms with van der Waals surface area (Å²) in [5, 5.41) is 7.20. The highest BCUT2D eigenvalue weighted by Crippen LogP contribution is 2.35. The summed E-state index contributed by atoms with van der Waals surface area (Å²) in [5.41, 5.74) is 0.284. The molecule has 0 aliphatic rings. The Kier molecular flexibility index (Phi) is 3.15. The van der Waals surface area contributed by atoms with Crippen LogP contribution in [0.5, 0.6) is 0 Å². The fourth-order valence-electron chi connectivity index (χ4n) is 0.796. The van der Waals surface area contributed by atoms with Crippen LogP contribution in [0.4, 0.5) is 22.0 Å². The molecule has 0 aromatic carbocycles. The van der Waals surface area contributed by atoms with E-state index in [-0.39, 0.29) is 5.56 Å². The number of amides is 1. The Morgan fingerprint density at radius 3 is 2.44 bits per heavy atom. The van der Waals surface area contributed by atoms with Gasteiger partial charge in [-0.2, -0.15) is 27.1 Å². The smallest absolute Gasteiger partial charge is 0.346 e. The standard InChI is InChI=1S/C7H6F5N3O/c8-6(9,7(10,11)12)5(16)13-1-4-2-14-15-3-4/h2-3H,1H2,(H,13,16)(H,14,15). The number of aromatic nitrogens is 2. The fourth-order valence-corrected chi connectivity index (χ4v) is 0.796. The first-order valence-electron chi connectivity index (χ1n) is 3.95. The number of carbonyl (C=O) groups excluding carboxylic acids is 1. The van der Waals surface area contributed by atoms with Crippen molar-refractivity contribution in [2.75, 3.05) is 0 Å². The highest BCUT2D eigenvalue weighted by Gasteiger charge is 2.63. The molecule has 1 aromatic rings. The van der Waals surface area contributed by atoms with Crippen LogP contribution < -0.4 is 5.32 Å². The van der Waals surface area contributed by atoms with Gasteiger partial charge in [0, 0.05) is 18.3 Å². The number of nitrogens with one attached hydrogen (secondary N) is 2. The van der Waals surface area contributed by atoms with E-state index in [1.165, 1.54) is 17.7 Å². The van der Waals surface area contributed by atoms with E-state index in [1.54, 1.807) is 0 Å². The number of H-pyrrole nitrogens is 1. The maximum Gasteiger partial charge on any atom is 0.463 e. The van der Waals surface area contributed by atoms with E-state index in [4.69, 9.17) is 0 Å². The van der Waals surface area contributed by atoms with Gasteiger partial charge in [0.25, 0.3) is 0 Å². The molecule has 0 atom stereocenters. The van der Waals surface area contributed by atoms with Crippen LogP contribution in [0.15, 0.2) is 12.4 Å². The average molecular weight is 243 g/mol. The lowest BCUT2D eigenvalue weighted by Crippen LogP contribution is -2.50. The normalized spacial score (nSPS) is 12.6. The molecule has 2 N–H and O–H groups in total. The molecule has 9 heteroatoms. The van der Waals surface area contributed by atoms with Gasteiger partial charge < -0.3 is 5.32 Å². The van der Waals surface area contributed by atoms with Gasteiger partial charge in [-0.05, 0) is 0 Å². The van der Waals surface area contributed by atoms with E-state index in [9.17, 15) is 26.7 Å². The highest BCUT2D eigenvalue weighted by molar-refractivity contribution is 5.84. The van der Waals surface area contributed by atoms with Crippen LogP contribution in [-0.2, 0) is 11.3 Å². The lowest BCUT2D eigenvalue weighted by Gasteiger charge is -2.18. The minimum absolute atomic E-state index is 0.284. The molecule has 0 spiro atoms. The Morgan fingerprint density at radius 1 is 1.38 bits per heavy atom.